The molecule has 6 heteroatoms. The van der Waals surface area contributed by atoms with Crippen molar-refractivity contribution >= 4 is 31.7 Å². The number of carbonyl (C=O) groups is 1. The second kappa shape index (κ2) is 6.00. The van der Waals surface area contributed by atoms with Crippen LogP contribution in [0.25, 0.3) is 0 Å². The van der Waals surface area contributed by atoms with E-state index in [4.69, 9.17) is 0 Å². The summed E-state index contributed by atoms with van der Waals surface area (Å²) in [5.41, 5.74) is 0. The Labute approximate surface area is 106 Å². The van der Waals surface area contributed by atoms with Crippen LogP contribution < -0.4 is 5.32 Å². The number of sulfone groups is 1. The van der Waals surface area contributed by atoms with Crippen molar-refractivity contribution in [1.29, 1.82) is 0 Å². The average molecular weight is 314 g/mol. The summed E-state index contributed by atoms with van der Waals surface area (Å²) in [5, 5.41) is 2.65. The highest BCUT2D eigenvalue weighted by Crippen LogP contribution is 2.15. The van der Waals surface area contributed by atoms with Crippen LogP contribution in [0.5, 0.6) is 0 Å². The summed E-state index contributed by atoms with van der Waals surface area (Å²) in [6, 6.07) is 0. The van der Waals surface area contributed by atoms with Crippen molar-refractivity contribution in [3.8, 4) is 0 Å². The van der Waals surface area contributed by atoms with E-state index in [1.165, 1.54) is 13.8 Å². The summed E-state index contributed by atoms with van der Waals surface area (Å²) in [5.74, 6) is -0.449. The number of alkyl halides is 1. The Morgan fingerprint density at radius 1 is 1.44 bits per heavy atom. The predicted molar refractivity (Wildman–Crippen MR) is 69.6 cm³/mol. The maximum Gasteiger partial charge on any atom is 0.240 e. The van der Waals surface area contributed by atoms with Crippen LogP contribution >= 0.6 is 15.9 Å². The van der Waals surface area contributed by atoms with Crippen molar-refractivity contribution in [3.05, 3.63) is 0 Å². The number of nitrogens with one attached hydrogen (secondary N) is 1. The van der Waals surface area contributed by atoms with E-state index >= 15 is 0 Å². The average Bonchev–Trinajstić information content (AvgIpc) is 2.12. The SMILES string of the molecule is CCCC(Br)CNC(=O)C(C)(C)S(C)(=O)=O. The fraction of sp³-hybridized carbons (Fsp3) is 0.900. The first-order chi connectivity index (χ1) is 7.13. The fourth-order valence-electron chi connectivity index (χ4n) is 1.000. The molecule has 0 aliphatic carbocycles. The van der Waals surface area contributed by atoms with Crippen molar-refractivity contribution in [2.24, 2.45) is 0 Å². The Bertz CT molecular complexity index is 338. The zero-order chi connectivity index (χ0) is 13.0. The third kappa shape index (κ3) is 4.41. The van der Waals surface area contributed by atoms with Gasteiger partial charge in [-0.15, -0.1) is 0 Å². The summed E-state index contributed by atoms with van der Waals surface area (Å²) in [6.07, 6.45) is 3.03. The van der Waals surface area contributed by atoms with Gasteiger partial charge in [-0.3, -0.25) is 4.79 Å². The van der Waals surface area contributed by atoms with Gasteiger partial charge in [-0.2, -0.15) is 0 Å². The molecule has 0 aliphatic rings. The second-order valence-electron chi connectivity index (χ2n) is 4.38. The molecule has 0 aromatic carbocycles. The van der Waals surface area contributed by atoms with E-state index in [0.717, 1.165) is 19.1 Å². The van der Waals surface area contributed by atoms with Crippen LogP contribution in [-0.2, 0) is 14.6 Å². The Morgan fingerprint density at radius 2 is 1.94 bits per heavy atom. The third-order valence-electron chi connectivity index (χ3n) is 2.56. The topological polar surface area (TPSA) is 63.2 Å². The summed E-state index contributed by atoms with van der Waals surface area (Å²) in [6.45, 7) is 5.34. The van der Waals surface area contributed by atoms with E-state index in [-0.39, 0.29) is 4.83 Å². The van der Waals surface area contributed by atoms with Crippen LogP contribution in [0.3, 0.4) is 0 Å². The minimum Gasteiger partial charge on any atom is -0.354 e. The Kier molecular flexibility index (Phi) is 5.96. The Balaban J connectivity index is 4.38. The zero-order valence-corrected chi connectivity index (χ0v) is 12.6. The molecule has 1 unspecified atom stereocenters. The highest BCUT2D eigenvalue weighted by molar-refractivity contribution is 9.09. The Morgan fingerprint density at radius 3 is 2.31 bits per heavy atom. The standard InChI is InChI=1S/C10H20BrNO3S/c1-5-6-8(11)7-12-9(13)10(2,3)16(4,14)15/h8H,5-7H2,1-4H3,(H,12,13). The molecule has 1 amide bonds. The molecule has 0 spiro atoms. The summed E-state index contributed by atoms with van der Waals surface area (Å²) < 4.78 is 21.4. The smallest absolute Gasteiger partial charge is 0.240 e. The van der Waals surface area contributed by atoms with Crippen LogP contribution in [0.2, 0.25) is 0 Å². The summed E-state index contributed by atoms with van der Waals surface area (Å²) >= 11 is 3.42. The minimum absolute atomic E-state index is 0.191. The quantitative estimate of drug-likeness (QED) is 0.756. The summed E-state index contributed by atoms with van der Waals surface area (Å²) in [7, 11) is -3.39. The van der Waals surface area contributed by atoms with Gasteiger partial charge >= 0.3 is 0 Å². The van der Waals surface area contributed by atoms with Crippen LogP contribution in [0.1, 0.15) is 33.6 Å². The normalized spacial score (nSPS) is 14.6. The highest BCUT2D eigenvalue weighted by Gasteiger charge is 2.38. The van der Waals surface area contributed by atoms with Crippen LogP contribution in [0, 0.1) is 0 Å². The van der Waals surface area contributed by atoms with E-state index in [1.807, 2.05) is 0 Å². The van der Waals surface area contributed by atoms with E-state index in [1.54, 1.807) is 0 Å². The van der Waals surface area contributed by atoms with Crippen molar-refractivity contribution in [2.45, 2.75) is 43.2 Å². The highest BCUT2D eigenvalue weighted by atomic mass is 79.9. The molecule has 0 aromatic rings. The molecule has 1 atom stereocenters. The molecule has 0 saturated carbocycles. The third-order valence-corrected chi connectivity index (χ3v) is 5.38. The molecule has 0 saturated heterocycles. The molecular formula is C10H20BrNO3S. The van der Waals surface area contributed by atoms with Crippen LogP contribution in [0.15, 0.2) is 0 Å². The molecule has 0 heterocycles. The largest absolute Gasteiger partial charge is 0.354 e. The number of hydrogen-bond donors (Lipinski definition) is 1. The fourth-order valence-corrected chi connectivity index (χ4v) is 2.03. The van der Waals surface area contributed by atoms with Gasteiger partial charge in [0.15, 0.2) is 9.84 Å². The molecule has 96 valence electrons. The summed E-state index contributed by atoms with van der Waals surface area (Å²) in [4.78, 5) is 11.9. The maximum atomic E-state index is 11.7. The first kappa shape index (κ1) is 15.9. The predicted octanol–water partition coefficient (Wildman–Crippen LogP) is 1.49. The molecule has 0 bridgehead atoms. The minimum atomic E-state index is -3.39. The van der Waals surface area contributed by atoms with Gasteiger partial charge in [-0.1, -0.05) is 29.3 Å². The van der Waals surface area contributed by atoms with Gasteiger partial charge in [0.2, 0.25) is 5.91 Å². The lowest BCUT2D eigenvalue weighted by Gasteiger charge is -2.22. The molecule has 16 heavy (non-hydrogen) atoms. The van der Waals surface area contributed by atoms with E-state index in [2.05, 4.69) is 28.2 Å². The molecule has 0 radical (unpaired) electrons. The zero-order valence-electron chi connectivity index (χ0n) is 10.2. The van der Waals surface area contributed by atoms with E-state index in [9.17, 15) is 13.2 Å². The molecular weight excluding hydrogens is 294 g/mol. The van der Waals surface area contributed by atoms with Gasteiger partial charge in [0.25, 0.3) is 0 Å². The van der Waals surface area contributed by atoms with Gasteiger partial charge in [0.05, 0.1) is 0 Å². The van der Waals surface area contributed by atoms with Gasteiger partial charge < -0.3 is 5.32 Å². The number of rotatable bonds is 6. The number of halogens is 1. The molecule has 0 rings (SSSR count). The lowest BCUT2D eigenvalue weighted by molar-refractivity contribution is -0.122. The van der Waals surface area contributed by atoms with Gasteiger partial charge in [0, 0.05) is 17.6 Å². The van der Waals surface area contributed by atoms with Gasteiger partial charge in [-0.05, 0) is 20.3 Å². The van der Waals surface area contributed by atoms with E-state index < -0.39 is 20.5 Å². The first-order valence-electron chi connectivity index (χ1n) is 5.25. The maximum absolute atomic E-state index is 11.7. The molecule has 0 aromatic heterocycles. The van der Waals surface area contributed by atoms with Crippen molar-refractivity contribution in [2.75, 3.05) is 12.8 Å². The van der Waals surface area contributed by atoms with Gasteiger partial charge in [0.1, 0.15) is 4.75 Å². The molecule has 4 nitrogen and oxygen atoms in total. The second-order valence-corrected chi connectivity index (χ2v) is 8.24. The number of amides is 1. The number of carbonyl (C=O) groups excluding carboxylic acids is 1. The number of hydrogen-bond acceptors (Lipinski definition) is 3. The molecule has 0 aliphatic heterocycles. The molecule has 1 N–H and O–H groups in total. The van der Waals surface area contributed by atoms with Crippen molar-refractivity contribution in [3.63, 3.8) is 0 Å². The van der Waals surface area contributed by atoms with Crippen LogP contribution in [-0.4, -0.2) is 36.7 Å². The lowest BCUT2D eigenvalue weighted by Crippen LogP contribution is -2.48. The van der Waals surface area contributed by atoms with Crippen molar-refractivity contribution < 1.29 is 13.2 Å². The van der Waals surface area contributed by atoms with E-state index in [0.29, 0.717) is 6.54 Å². The van der Waals surface area contributed by atoms with Gasteiger partial charge in [-0.25, -0.2) is 8.42 Å². The van der Waals surface area contributed by atoms with Crippen LogP contribution in [0.4, 0.5) is 0 Å². The first-order valence-corrected chi connectivity index (χ1v) is 8.05. The monoisotopic (exact) mass is 313 g/mol. The van der Waals surface area contributed by atoms with Crippen molar-refractivity contribution in [1.82, 2.24) is 5.32 Å². The Hall–Kier alpha value is -0.100. The lowest BCUT2D eigenvalue weighted by atomic mass is 10.2. The molecule has 0 fully saturated rings.